The van der Waals surface area contributed by atoms with Crippen LogP contribution in [0.15, 0.2) is 18.3 Å². The molecule has 0 spiro atoms. The van der Waals surface area contributed by atoms with Gasteiger partial charge in [-0.15, -0.1) is 12.3 Å². The summed E-state index contributed by atoms with van der Waals surface area (Å²) in [6.07, 6.45) is 8.03. The fourth-order valence-electron chi connectivity index (χ4n) is 1.29. The van der Waals surface area contributed by atoms with E-state index in [2.05, 4.69) is 16.2 Å². The van der Waals surface area contributed by atoms with E-state index in [9.17, 15) is 10.1 Å². The van der Waals surface area contributed by atoms with Crippen molar-refractivity contribution in [2.75, 3.05) is 5.32 Å². The van der Waals surface area contributed by atoms with E-state index in [0.29, 0.717) is 6.42 Å². The van der Waals surface area contributed by atoms with Gasteiger partial charge in [-0.2, -0.15) is 0 Å². The Bertz CT molecular complexity index is 412. The van der Waals surface area contributed by atoms with E-state index >= 15 is 0 Å². The largest absolute Gasteiger partial charge is 0.361 e. The van der Waals surface area contributed by atoms with Gasteiger partial charge in [0.05, 0.1) is 4.92 Å². The fourth-order valence-corrected chi connectivity index (χ4v) is 1.29. The SMILES string of the molecule is C#CCC(CC)Nc1ncccc1[N+](=O)[O-]. The highest BCUT2D eigenvalue weighted by atomic mass is 16.6. The summed E-state index contributed by atoms with van der Waals surface area (Å²) in [4.78, 5) is 14.2. The fraction of sp³-hybridized carbons (Fsp3) is 0.364. The Morgan fingerprint density at radius 1 is 1.75 bits per heavy atom. The molecular weight excluding hydrogens is 206 g/mol. The molecule has 1 aromatic heterocycles. The number of anilines is 1. The number of hydrogen-bond donors (Lipinski definition) is 1. The van der Waals surface area contributed by atoms with E-state index in [1.54, 1.807) is 0 Å². The van der Waals surface area contributed by atoms with Gasteiger partial charge in [-0.1, -0.05) is 6.92 Å². The third-order valence-corrected chi connectivity index (χ3v) is 2.18. The van der Waals surface area contributed by atoms with Crippen LogP contribution in [0.4, 0.5) is 11.5 Å². The van der Waals surface area contributed by atoms with Crippen molar-refractivity contribution in [2.45, 2.75) is 25.8 Å². The topological polar surface area (TPSA) is 68.1 Å². The average Bonchev–Trinajstić information content (AvgIpc) is 2.29. The molecule has 16 heavy (non-hydrogen) atoms. The molecule has 0 aliphatic carbocycles. The number of nitrogens with one attached hydrogen (secondary N) is 1. The predicted octanol–water partition coefficient (Wildman–Crippen LogP) is 2.20. The summed E-state index contributed by atoms with van der Waals surface area (Å²) in [5.41, 5.74) is -0.0297. The molecule has 1 heterocycles. The number of nitrogens with zero attached hydrogens (tertiary/aromatic N) is 2. The van der Waals surface area contributed by atoms with Gasteiger partial charge in [-0.05, 0) is 12.5 Å². The number of rotatable bonds is 5. The first-order valence-corrected chi connectivity index (χ1v) is 4.98. The molecule has 0 aromatic carbocycles. The molecule has 0 radical (unpaired) electrons. The molecule has 1 aromatic rings. The minimum absolute atomic E-state index is 0.0126. The lowest BCUT2D eigenvalue weighted by Gasteiger charge is -2.14. The molecule has 0 aliphatic heterocycles. The van der Waals surface area contributed by atoms with Crippen LogP contribution in [0.2, 0.25) is 0 Å². The van der Waals surface area contributed by atoms with Crippen molar-refractivity contribution in [1.82, 2.24) is 4.98 Å². The van der Waals surface area contributed by atoms with Crippen molar-refractivity contribution in [3.05, 3.63) is 28.4 Å². The maximum absolute atomic E-state index is 10.7. The van der Waals surface area contributed by atoms with Gasteiger partial charge in [0, 0.05) is 24.7 Å². The second kappa shape index (κ2) is 5.71. The molecule has 0 bridgehead atoms. The van der Waals surface area contributed by atoms with E-state index in [1.807, 2.05) is 6.92 Å². The molecule has 0 fully saturated rings. The van der Waals surface area contributed by atoms with Crippen LogP contribution >= 0.6 is 0 Å². The van der Waals surface area contributed by atoms with Crippen molar-refractivity contribution in [3.8, 4) is 12.3 Å². The van der Waals surface area contributed by atoms with Gasteiger partial charge < -0.3 is 5.32 Å². The number of terminal acetylenes is 1. The molecule has 0 saturated heterocycles. The highest BCUT2D eigenvalue weighted by Gasteiger charge is 2.16. The number of pyridine rings is 1. The van der Waals surface area contributed by atoms with Crippen LogP contribution in [0, 0.1) is 22.5 Å². The van der Waals surface area contributed by atoms with Crippen LogP contribution in [0.5, 0.6) is 0 Å². The van der Waals surface area contributed by atoms with Crippen LogP contribution in [-0.4, -0.2) is 15.9 Å². The molecule has 0 aliphatic rings. The monoisotopic (exact) mass is 219 g/mol. The summed E-state index contributed by atoms with van der Waals surface area (Å²) < 4.78 is 0. The number of hydrogen-bond acceptors (Lipinski definition) is 4. The Hall–Kier alpha value is -2.09. The zero-order valence-corrected chi connectivity index (χ0v) is 9.01. The lowest BCUT2D eigenvalue weighted by Crippen LogP contribution is -2.19. The van der Waals surface area contributed by atoms with E-state index in [0.717, 1.165) is 6.42 Å². The van der Waals surface area contributed by atoms with E-state index in [-0.39, 0.29) is 17.5 Å². The van der Waals surface area contributed by atoms with Crippen molar-refractivity contribution in [1.29, 1.82) is 0 Å². The molecule has 1 N–H and O–H groups in total. The van der Waals surface area contributed by atoms with Gasteiger partial charge in [0.2, 0.25) is 5.82 Å². The van der Waals surface area contributed by atoms with E-state index in [4.69, 9.17) is 6.42 Å². The molecular formula is C11H13N3O2. The van der Waals surface area contributed by atoms with Gasteiger partial charge in [0.1, 0.15) is 0 Å². The first kappa shape index (κ1) is 12.0. The van der Waals surface area contributed by atoms with Crippen LogP contribution in [-0.2, 0) is 0 Å². The third kappa shape index (κ3) is 2.95. The summed E-state index contributed by atoms with van der Waals surface area (Å²) in [6, 6.07) is 2.96. The zero-order valence-electron chi connectivity index (χ0n) is 9.01. The minimum atomic E-state index is -0.460. The lowest BCUT2D eigenvalue weighted by atomic mass is 10.1. The summed E-state index contributed by atoms with van der Waals surface area (Å²) in [5.74, 6) is 2.80. The molecule has 1 unspecified atom stereocenters. The molecule has 1 rings (SSSR count). The standard InChI is InChI=1S/C11H13N3O2/c1-3-6-9(4-2)13-11-10(14(15)16)7-5-8-12-11/h1,5,7-9H,4,6H2,2H3,(H,12,13). The van der Waals surface area contributed by atoms with Crippen molar-refractivity contribution < 1.29 is 4.92 Å². The summed E-state index contributed by atoms with van der Waals surface area (Å²) in [5, 5.41) is 13.7. The molecule has 84 valence electrons. The summed E-state index contributed by atoms with van der Waals surface area (Å²) in [6.45, 7) is 1.96. The van der Waals surface area contributed by atoms with Gasteiger partial charge in [-0.25, -0.2) is 4.98 Å². The minimum Gasteiger partial charge on any atom is -0.361 e. The second-order valence-corrected chi connectivity index (χ2v) is 3.29. The Kier molecular flexibility index (Phi) is 4.28. The predicted molar refractivity (Wildman–Crippen MR) is 62.0 cm³/mol. The quantitative estimate of drug-likeness (QED) is 0.468. The Morgan fingerprint density at radius 2 is 2.50 bits per heavy atom. The highest BCUT2D eigenvalue weighted by Crippen LogP contribution is 2.21. The van der Waals surface area contributed by atoms with Crippen molar-refractivity contribution in [3.63, 3.8) is 0 Å². The maximum atomic E-state index is 10.7. The highest BCUT2D eigenvalue weighted by molar-refractivity contribution is 5.55. The van der Waals surface area contributed by atoms with E-state index < -0.39 is 4.92 Å². The van der Waals surface area contributed by atoms with E-state index in [1.165, 1.54) is 18.3 Å². The third-order valence-electron chi connectivity index (χ3n) is 2.18. The molecule has 5 nitrogen and oxygen atoms in total. The molecule has 1 atom stereocenters. The second-order valence-electron chi connectivity index (χ2n) is 3.29. The van der Waals surface area contributed by atoms with Crippen molar-refractivity contribution >= 4 is 11.5 Å². The van der Waals surface area contributed by atoms with Crippen LogP contribution in [0.3, 0.4) is 0 Å². The lowest BCUT2D eigenvalue weighted by molar-refractivity contribution is -0.384. The Labute approximate surface area is 94.0 Å². The Morgan fingerprint density at radius 3 is 3.06 bits per heavy atom. The summed E-state index contributed by atoms with van der Waals surface area (Å²) >= 11 is 0. The first-order valence-electron chi connectivity index (χ1n) is 4.98. The molecule has 0 amide bonds. The van der Waals surface area contributed by atoms with Crippen molar-refractivity contribution in [2.24, 2.45) is 0 Å². The summed E-state index contributed by atoms with van der Waals surface area (Å²) in [7, 11) is 0. The van der Waals surface area contributed by atoms with Gasteiger partial charge >= 0.3 is 5.69 Å². The van der Waals surface area contributed by atoms with Gasteiger partial charge in [0.15, 0.2) is 0 Å². The first-order chi connectivity index (χ1) is 7.69. The zero-order chi connectivity index (χ0) is 12.0. The number of aromatic nitrogens is 1. The van der Waals surface area contributed by atoms with Gasteiger partial charge in [-0.3, -0.25) is 10.1 Å². The normalized spacial score (nSPS) is 11.5. The Balaban J connectivity index is 2.87. The average molecular weight is 219 g/mol. The van der Waals surface area contributed by atoms with Gasteiger partial charge in [0.25, 0.3) is 0 Å². The maximum Gasteiger partial charge on any atom is 0.311 e. The molecule has 5 heteroatoms. The van der Waals surface area contributed by atoms with Crippen LogP contribution in [0.1, 0.15) is 19.8 Å². The van der Waals surface area contributed by atoms with Crippen LogP contribution in [0.25, 0.3) is 0 Å². The number of nitro groups is 1. The molecule has 0 saturated carbocycles. The smallest absolute Gasteiger partial charge is 0.311 e. The van der Waals surface area contributed by atoms with Crippen LogP contribution < -0.4 is 5.32 Å².